The Balaban J connectivity index is 3.01. The number of aliphatic hydroxyl groups excluding tert-OH is 4. The Morgan fingerprint density at radius 1 is 0.575 bits per heavy atom. The average molecular weight is 559 g/mol. The van der Waals surface area contributed by atoms with E-state index in [1.807, 2.05) is 0 Å². The van der Waals surface area contributed by atoms with Crippen molar-refractivity contribution in [1.82, 2.24) is 0 Å². The maximum atomic E-state index is 12.6. The van der Waals surface area contributed by atoms with Crippen molar-refractivity contribution in [3.63, 3.8) is 0 Å². The molecule has 0 spiro atoms. The molecule has 4 heteroatoms. The van der Waals surface area contributed by atoms with E-state index in [0.29, 0.717) is 19.3 Å². The minimum absolute atomic E-state index is 0.0325. The molecule has 0 fully saturated rings. The first-order chi connectivity index (χ1) is 17.9. The minimum atomic E-state index is -0.793. The molecule has 2 aliphatic carbocycles. The lowest BCUT2D eigenvalue weighted by molar-refractivity contribution is -0.0930. The van der Waals surface area contributed by atoms with Crippen molar-refractivity contribution >= 4 is 0 Å². The highest BCUT2D eigenvalue weighted by molar-refractivity contribution is 5.50. The maximum absolute atomic E-state index is 12.6. The fraction of sp³-hybridized carbons (Fsp3) is 0.778. The van der Waals surface area contributed by atoms with Crippen molar-refractivity contribution in [3.05, 3.63) is 46.6 Å². The molecule has 0 aromatic rings. The van der Waals surface area contributed by atoms with E-state index in [1.54, 1.807) is 0 Å². The van der Waals surface area contributed by atoms with Crippen LogP contribution in [0.15, 0.2) is 46.6 Å². The Morgan fingerprint density at radius 2 is 0.850 bits per heavy atom. The van der Waals surface area contributed by atoms with Gasteiger partial charge in [-0.05, 0) is 63.2 Å². The number of hydrogen-bond acceptors (Lipinski definition) is 4. The first-order valence-corrected chi connectivity index (χ1v) is 15.4. The van der Waals surface area contributed by atoms with Crippen molar-refractivity contribution < 1.29 is 20.4 Å². The summed E-state index contributed by atoms with van der Waals surface area (Å²) in [5, 5.41) is 45.2. The Kier molecular flexibility index (Phi) is 9.74. The zero-order valence-corrected chi connectivity index (χ0v) is 28.3. The van der Waals surface area contributed by atoms with Gasteiger partial charge in [0, 0.05) is 29.5 Å². The van der Waals surface area contributed by atoms with E-state index >= 15 is 0 Å². The fourth-order valence-corrected chi connectivity index (χ4v) is 8.67. The lowest BCUT2D eigenvalue weighted by atomic mass is 9.44. The molecule has 0 aromatic carbocycles. The monoisotopic (exact) mass is 558 g/mol. The van der Waals surface area contributed by atoms with Crippen LogP contribution in [0, 0.1) is 37.9 Å². The van der Waals surface area contributed by atoms with E-state index in [9.17, 15) is 20.4 Å². The van der Waals surface area contributed by atoms with Gasteiger partial charge in [0.25, 0.3) is 0 Å². The molecule has 2 unspecified atom stereocenters. The third-order valence-electron chi connectivity index (χ3n) is 10.7. The second kappa shape index (κ2) is 11.1. The molecule has 2 rings (SSSR count). The molecule has 230 valence electrons. The largest absolute Gasteiger partial charge is 0.396 e. The van der Waals surface area contributed by atoms with Crippen LogP contribution in [0.2, 0.25) is 0 Å². The third-order valence-corrected chi connectivity index (χ3v) is 10.7. The zero-order chi connectivity index (χ0) is 31.3. The summed E-state index contributed by atoms with van der Waals surface area (Å²) in [5.74, 6) is 0. The van der Waals surface area contributed by atoms with Gasteiger partial charge in [-0.1, -0.05) is 121 Å². The van der Waals surface area contributed by atoms with Gasteiger partial charge in [-0.3, -0.25) is 0 Å². The van der Waals surface area contributed by atoms with Crippen molar-refractivity contribution in [1.29, 1.82) is 0 Å². The Bertz CT molecular complexity index is 932. The predicted molar refractivity (Wildman–Crippen MR) is 169 cm³/mol. The van der Waals surface area contributed by atoms with Crippen molar-refractivity contribution in [2.75, 3.05) is 13.2 Å². The molecular weight excluding hydrogens is 496 g/mol. The van der Waals surface area contributed by atoms with Gasteiger partial charge in [0.05, 0.1) is 12.2 Å². The van der Waals surface area contributed by atoms with Crippen LogP contribution in [0.25, 0.3) is 0 Å². The van der Waals surface area contributed by atoms with Gasteiger partial charge in [0.1, 0.15) is 0 Å². The summed E-state index contributed by atoms with van der Waals surface area (Å²) in [7, 11) is 0. The molecule has 0 saturated carbocycles. The molecule has 40 heavy (non-hydrogen) atoms. The van der Waals surface area contributed by atoms with Gasteiger partial charge in [-0.25, -0.2) is 0 Å². The van der Waals surface area contributed by atoms with Gasteiger partial charge >= 0.3 is 0 Å². The van der Waals surface area contributed by atoms with Crippen LogP contribution in [-0.2, 0) is 0 Å². The summed E-state index contributed by atoms with van der Waals surface area (Å²) in [5.41, 5.74) is 0.819. The van der Waals surface area contributed by atoms with Crippen molar-refractivity contribution in [3.8, 4) is 0 Å². The fourth-order valence-electron chi connectivity index (χ4n) is 8.67. The van der Waals surface area contributed by atoms with Crippen molar-refractivity contribution in [2.45, 2.75) is 128 Å². The van der Waals surface area contributed by atoms with Crippen LogP contribution in [0.3, 0.4) is 0 Å². The molecular formula is C36H62O4. The van der Waals surface area contributed by atoms with E-state index in [2.05, 4.69) is 121 Å². The van der Waals surface area contributed by atoms with Crippen LogP contribution >= 0.6 is 0 Å². The van der Waals surface area contributed by atoms with Crippen LogP contribution in [-0.4, -0.2) is 45.8 Å². The molecule has 0 bridgehead atoms. The molecule has 0 heterocycles. The number of rotatable bonds is 7. The zero-order valence-electron chi connectivity index (χ0n) is 28.3. The highest BCUT2D eigenvalue weighted by Gasteiger charge is 2.61. The van der Waals surface area contributed by atoms with Crippen LogP contribution in [0.5, 0.6) is 0 Å². The normalized spacial score (nSPS) is 25.4. The van der Waals surface area contributed by atoms with Gasteiger partial charge in [0.15, 0.2) is 0 Å². The second-order valence-electron chi connectivity index (χ2n) is 16.8. The summed E-state index contributed by atoms with van der Waals surface area (Å²) in [4.78, 5) is 0. The first kappa shape index (κ1) is 35.0. The summed E-state index contributed by atoms with van der Waals surface area (Å²) >= 11 is 0. The third kappa shape index (κ3) is 5.36. The molecule has 4 nitrogen and oxygen atoms in total. The minimum Gasteiger partial charge on any atom is -0.396 e. The van der Waals surface area contributed by atoms with E-state index < -0.39 is 28.5 Å². The molecule has 2 aliphatic rings. The summed E-state index contributed by atoms with van der Waals surface area (Å²) in [6.45, 7) is 30.7. The molecule has 2 atom stereocenters. The Hall–Kier alpha value is -1.20. The molecule has 0 aliphatic heterocycles. The number of allylic oxidation sites excluding steroid dienone is 2. The summed E-state index contributed by atoms with van der Waals surface area (Å²) < 4.78 is 0. The van der Waals surface area contributed by atoms with Gasteiger partial charge in [-0.2, -0.15) is 0 Å². The molecule has 4 N–H and O–H groups in total. The SMILES string of the molecule is CCC(C)(C1=CC(CCO)=CC(C(C)(C)C)(C(C)(C)C)C1O)C1=CC(CCO)=CC(C(C)(C)C)(C(C)(C)C)C1O. The lowest BCUT2D eigenvalue weighted by Gasteiger charge is -2.61. The van der Waals surface area contributed by atoms with Gasteiger partial charge in [-0.15, -0.1) is 0 Å². The standard InChI is InChI=1S/C36H62O4/c1-15-34(14,26-20-24(16-18-37)22-35(28(26)39,30(2,3)4)31(5,6)7)27-21-25(17-19-38)23-36(29(27)40,32(8,9)10)33(11,12)13/h20-23,28-29,37-40H,15-19H2,1-14H3. The second-order valence-corrected chi connectivity index (χ2v) is 16.8. The van der Waals surface area contributed by atoms with E-state index in [0.717, 1.165) is 22.3 Å². The summed E-state index contributed by atoms with van der Waals surface area (Å²) in [6.07, 6.45) is 8.78. The predicted octanol–water partition coefficient (Wildman–Crippen LogP) is 7.78. The Morgan fingerprint density at radius 3 is 1.05 bits per heavy atom. The van der Waals surface area contributed by atoms with E-state index in [-0.39, 0.29) is 34.9 Å². The molecule has 0 saturated heterocycles. The quantitative estimate of drug-likeness (QED) is 0.257. The van der Waals surface area contributed by atoms with Crippen LogP contribution < -0.4 is 0 Å². The number of aliphatic hydroxyl groups is 4. The van der Waals surface area contributed by atoms with Gasteiger partial charge in [0.2, 0.25) is 0 Å². The van der Waals surface area contributed by atoms with Crippen molar-refractivity contribution in [2.24, 2.45) is 37.9 Å². The highest BCUT2D eigenvalue weighted by Crippen LogP contribution is 2.65. The summed E-state index contributed by atoms with van der Waals surface area (Å²) in [6, 6.07) is 0. The molecule has 0 amide bonds. The maximum Gasteiger partial charge on any atom is 0.0862 e. The lowest BCUT2D eigenvalue weighted by Crippen LogP contribution is -2.59. The van der Waals surface area contributed by atoms with E-state index in [4.69, 9.17) is 0 Å². The van der Waals surface area contributed by atoms with Crippen LogP contribution in [0.4, 0.5) is 0 Å². The van der Waals surface area contributed by atoms with Gasteiger partial charge < -0.3 is 20.4 Å². The van der Waals surface area contributed by atoms with E-state index in [1.165, 1.54) is 0 Å². The number of hydrogen-bond donors (Lipinski definition) is 4. The first-order valence-electron chi connectivity index (χ1n) is 15.4. The topological polar surface area (TPSA) is 80.9 Å². The Labute approximate surface area is 246 Å². The highest BCUT2D eigenvalue weighted by atomic mass is 16.3. The van der Waals surface area contributed by atoms with Crippen LogP contribution in [0.1, 0.15) is 116 Å². The average Bonchev–Trinajstić information content (AvgIpc) is 2.77. The molecule has 0 radical (unpaired) electrons. The molecule has 0 aromatic heterocycles. The smallest absolute Gasteiger partial charge is 0.0862 e.